The van der Waals surface area contributed by atoms with Gasteiger partial charge in [0.25, 0.3) is 0 Å². The van der Waals surface area contributed by atoms with Crippen LogP contribution in [0.4, 0.5) is 0 Å². The molecule has 5 nitrogen and oxygen atoms in total. The Kier molecular flexibility index (Phi) is 4.08. The zero-order valence-corrected chi connectivity index (χ0v) is 9.19. The quantitative estimate of drug-likeness (QED) is 0.694. The molecule has 86 valence electrons. The van der Waals surface area contributed by atoms with E-state index >= 15 is 0 Å². The summed E-state index contributed by atoms with van der Waals surface area (Å²) in [4.78, 5) is 23.9. The maximum atomic E-state index is 11.9. The van der Waals surface area contributed by atoms with Crippen molar-refractivity contribution in [1.29, 1.82) is 0 Å². The van der Waals surface area contributed by atoms with Crippen LogP contribution in [0, 0.1) is 0 Å². The number of carbonyl (C=O) groups excluding carboxylic acids is 1. The number of nitrogens with zero attached hydrogens (tertiary/aromatic N) is 1. The Labute approximate surface area is 89.4 Å². The molecule has 0 aromatic rings. The SMILES string of the molecule is CC(C)N(CC(=O)O)C(=O)[C@H]1CCCN1. The topological polar surface area (TPSA) is 69.6 Å². The minimum Gasteiger partial charge on any atom is -0.480 e. The normalized spacial score (nSPS) is 20.6. The molecule has 1 heterocycles. The molecular weight excluding hydrogens is 196 g/mol. The van der Waals surface area contributed by atoms with Gasteiger partial charge < -0.3 is 15.3 Å². The number of rotatable bonds is 4. The van der Waals surface area contributed by atoms with Crippen molar-refractivity contribution in [2.75, 3.05) is 13.1 Å². The molecule has 1 rings (SSSR count). The minimum atomic E-state index is -0.963. The maximum Gasteiger partial charge on any atom is 0.323 e. The molecule has 15 heavy (non-hydrogen) atoms. The van der Waals surface area contributed by atoms with Gasteiger partial charge in [0.1, 0.15) is 6.54 Å². The van der Waals surface area contributed by atoms with Gasteiger partial charge in [-0.05, 0) is 33.2 Å². The van der Waals surface area contributed by atoms with Crippen LogP contribution in [0.3, 0.4) is 0 Å². The first-order valence-corrected chi connectivity index (χ1v) is 5.28. The van der Waals surface area contributed by atoms with Gasteiger partial charge in [0.15, 0.2) is 0 Å². The molecule has 0 aliphatic carbocycles. The fraction of sp³-hybridized carbons (Fsp3) is 0.800. The Balaban J connectivity index is 2.61. The lowest BCUT2D eigenvalue weighted by molar-refractivity contribution is -0.146. The molecule has 1 amide bonds. The minimum absolute atomic E-state index is 0.0731. The second-order valence-corrected chi connectivity index (χ2v) is 4.10. The van der Waals surface area contributed by atoms with Gasteiger partial charge in [-0.25, -0.2) is 0 Å². The number of amides is 1. The number of hydrogen-bond donors (Lipinski definition) is 2. The summed E-state index contributed by atoms with van der Waals surface area (Å²) in [7, 11) is 0. The molecule has 2 N–H and O–H groups in total. The molecule has 0 bridgehead atoms. The van der Waals surface area contributed by atoms with Crippen LogP contribution >= 0.6 is 0 Å². The lowest BCUT2D eigenvalue weighted by atomic mass is 10.2. The van der Waals surface area contributed by atoms with E-state index in [9.17, 15) is 9.59 Å². The third kappa shape index (κ3) is 3.20. The van der Waals surface area contributed by atoms with Gasteiger partial charge in [0.05, 0.1) is 6.04 Å². The second kappa shape index (κ2) is 5.11. The Bertz CT molecular complexity index is 247. The molecule has 1 saturated heterocycles. The summed E-state index contributed by atoms with van der Waals surface area (Å²) >= 11 is 0. The van der Waals surface area contributed by atoms with Gasteiger partial charge in [0.2, 0.25) is 5.91 Å². The van der Waals surface area contributed by atoms with Crippen LogP contribution in [0.2, 0.25) is 0 Å². The summed E-state index contributed by atoms with van der Waals surface area (Å²) in [6.45, 7) is 4.29. The smallest absolute Gasteiger partial charge is 0.323 e. The summed E-state index contributed by atoms with van der Waals surface area (Å²) in [5, 5.41) is 11.8. The van der Waals surface area contributed by atoms with E-state index in [2.05, 4.69) is 5.32 Å². The van der Waals surface area contributed by atoms with E-state index in [1.165, 1.54) is 4.90 Å². The maximum absolute atomic E-state index is 11.9. The molecule has 0 saturated carbocycles. The molecule has 1 aliphatic heterocycles. The summed E-state index contributed by atoms with van der Waals surface area (Å²) in [5.74, 6) is -1.06. The highest BCUT2D eigenvalue weighted by Crippen LogP contribution is 2.10. The highest BCUT2D eigenvalue weighted by Gasteiger charge is 2.29. The fourth-order valence-electron chi connectivity index (χ4n) is 1.76. The van der Waals surface area contributed by atoms with Crippen molar-refractivity contribution >= 4 is 11.9 Å². The van der Waals surface area contributed by atoms with Crippen LogP contribution in [-0.4, -0.2) is 47.1 Å². The number of aliphatic carboxylic acids is 1. The standard InChI is InChI=1S/C10H18N2O3/c1-7(2)12(6-9(13)14)10(15)8-4-3-5-11-8/h7-8,11H,3-6H2,1-2H3,(H,13,14)/t8-/m1/s1. The van der Waals surface area contributed by atoms with Gasteiger partial charge in [-0.2, -0.15) is 0 Å². The van der Waals surface area contributed by atoms with E-state index in [4.69, 9.17) is 5.11 Å². The monoisotopic (exact) mass is 214 g/mol. The van der Waals surface area contributed by atoms with Crippen LogP contribution in [0.1, 0.15) is 26.7 Å². The molecule has 1 fully saturated rings. The number of carboxylic acids is 1. The largest absolute Gasteiger partial charge is 0.480 e. The zero-order chi connectivity index (χ0) is 11.4. The van der Waals surface area contributed by atoms with Gasteiger partial charge in [-0.3, -0.25) is 9.59 Å². The Hall–Kier alpha value is -1.10. The predicted molar refractivity (Wildman–Crippen MR) is 55.5 cm³/mol. The van der Waals surface area contributed by atoms with Crippen molar-refractivity contribution in [3.63, 3.8) is 0 Å². The Morgan fingerprint density at radius 3 is 2.60 bits per heavy atom. The van der Waals surface area contributed by atoms with Crippen LogP contribution in [-0.2, 0) is 9.59 Å². The van der Waals surface area contributed by atoms with Crippen LogP contribution < -0.4 is 5.32 Å². The summed E-state index contributed by atoms with van der Waals surface area (Å²) in [5.41, 5.74) is 0. The summed E-state index contributed by atoms with van der Waals surface area (Å²) < 4.78 is 0. The first-order valence-electron chi connectivity index (χ1n) is 5.28. The van der Waals surface area contributed by atoms with Crippen molar-refractivity contribution in [2.24, 2.45) is 0 Å². The van der Waals surface area contributed by atoms with Crippen LogP contribution in [0.15, 0.2) is 0 Å². The zero-order valence-electron chi connectivity index (χ0n) is 9.19. The second-order valence-electron chi connectivity index (χ2n) is 4.10. The molecule has 1 atom stereocenters. The number of nitrogens with one attached hydrogen (secondary N) is 1. The molecule has 0 unspecified atom stereocenters. The van der Waals surface area contributed by atoms with Gasteiger partial charge in [-0.15, -0.1) is 0 Å². The molecule has 0 aromatic heterocycles. The third-order valence-electron chi connectivity index (χ3n) is 2.57. The van der Waals surface area contributed by atoms with E-state index in [-0.39, 0.29) is 24.5 Å². The van der Waals surface area contributed by atoms with Crippen molar-refractivity contribution in [3.05, 3.63) is 0 Å². The Morgan fingerprint density at radius 2 is 2.20 bits per heavy atom. The average Bonchev–Trinajstić information content (AvgIpc) is 2.65. The van der Waals surface area contributed by atoms with E-state index in [1.807, 2.05) is 13.8 Å². The highest BCUT2D eigenvalue weighted by molar-refractivity contribution is 5.85. The molecular formula is C10H18N2O3. The van der Waals surface area contributed by atoms with Gasteiger partial charge in [-0.1, -0.05) is 0 Å². The van der Waals surface area contributed by atoms with E-state index in [1.54, 1.807) is 0 Å². The molecule has 5 heteroatoms. The van der Waals surface area contributed by atoms with Crippen molar-refractivity contribution in [2.45, 2.75) is 38.8 Å². The molecule has 0 radical (unpaired) electrons. The lowest BCUT2D eigenvalue weighted by Gasteiger charge is -2.27. The first-order chi connectivity index (χ1) is 7.02. The fourth-order valence-corrected chi connectivity index (χ4v) is 1.76. The average molecular weight is 214 g/mol. The van der Waals surface area contributed by atoms with Crippen molar-refractivity contribution in [3.8, 4) is 0 Å². The number of hydrogen-bond acceptors (Lipinski definition) is 3. The van der Waals surface area contributed by atoms with Crippen LogP contribution in [0.5, 0.6) is 0 Å². The van der Waals surface area contributed by atoms with Crippen molar-refractivity contribution < 1.29 is 14.7 Å². The van der Waals surface area contributed by atoms with Gasteiger partial charge >= 0.3 is 5.97 Å². The lowest BCUT2D eigenvalue weighted by Crippen LogP contribution is -2.48. The third-order valence-corrected chi connectivity index (χ3v) is 2.57. The van der Waals surface area contributed by atoms with Crippen LogP contribution in [0.25, 0.3) is 0 Å². The number of carboxylic acid groups (broad SMARTS) is 1. The highest BCUT2D eigenvalue weighted by atomic mass is 16.4. The predicted octanol–water partition coefficient (Wildman–Crippen LogP) is 0.0600. The van der Waals surface area contributed by atoms with Crippen molar-refractivity contribution in [1.82, 2.24) is 10.2 Å². The first kappa shape index (κ1) is 12.0. The summed E-state index contributed by atoms with van der Waals surface area (Å²) in [6.07, 6.45) is 1.79. The Morgan fingerprint density at radius 1 is 1.53 bits per heavy atom. The van der Waals surface area contributed by atoms with E-state index < -0.39 is 5.97 Å². The van der Waals surface area contributed by atoms with Gasteiger partial charge in [0, 0.05) is 6.04 Å². The molecule has 0 aromatic carbocycles. The number of carbonyl (C=O) groups is 2. The summed E-state index contributed by atoms with van der Waals surface area (Å²) in [6, 6.07) is -0.261. The molecule has 1 aliphatic rings. The van der Waals surface area contributed by atoms with E-state index in [0.29, 0.717) is 0 Å². The molecule has 0 spiro atoms. The van der Waals surface area contributed by atoms with E-state index in [0.717, 1.165) is 19.4 Å².